The molecule has 1 amide bonds. The molecular weight excluding hydrogens is 343 g/mol. The summed E-state index contributed by atoms with van der Waals surface area (Å²) < 4.78 is 23.1. The summed E-state index contributed by atoms with van der Waals surface area (Å²) >= 11 is 0. The van der Waals surface area contributed by atoms with Crippen LogP contribution in [0.1, 0.15) is 11.1 Å². The fourth-order valence-corrected chi connectivity index (χ4v) is 2.03. The SMILES string of the molecule is COc1cc(/C=N/NC(=O)Cc2ccc(F)cc2)ccc1OCC(=O)O. The second kappa shape index (κ2) is 9.16. The first-order valence-electron chi connectivity index (χ1n) is 7.57. The van der Waals surface area contributed by atoms with E-state index in [1.54, 1.807) is 18.2 Å². The second-order valence-corrected chi connectivity index (χ2v) is 5.19. The largest absolute Gasteiger partial charge is 0.493 e. The zero-order chi connectivity index (χ0) is 18.9. The van der Waals surface area contributed by atoms with Crippen LogP contribution in [0.4, 0.5) is 4.39 Å². The molecule has 0 unspecified atom stereocenters. The van der Waals surface area contributed by atoms with Crippen molar-refractivity contribution in [2.75, 3.05) is 13.7 Å². The summed E-state index contributed by atoms with van der Waals surface area (Å²) in [5.41, 5.74) is 3.66. The van der Waals surface area contributed by atoms with Crippen LogP contribution in [0.15, 0.2) is 47.6 Å². The van der Waals surface area contributed by atoms with Gasteiger partial charge in [0.15, 0.2) is 18.1 Å². The summed E-state index contributed by atoms with van der Waals surface area (Å²) in [6.45, 7) is -0.483. The lowest BCUT2D eigenvalue weighted by Gasteiger charge is -2.09. The molecule has 2 aromatic rings. The van der Waals surface area contributed by atoms with Crippen molar-refractivity contribution in [2.45, 2.75) is 6.42 Å². The number of rotatable bonds is 8. The number of carbonyl (C=O) groups is 2. The molecule has 2 aromatic carbocycles. The number of hydrogen-bond donors (Lipinski definition) is 2. The first kappa shape index (κ1) is 18.9. The molecule has 0 radical (unpaired) electrons. The fourth-order valence-electron chi connectivity index (χ4n) is 2.03. The van der Waals surface area contributed by atoms with Crippen molar-refractivity contribution in [2.24, 2.45) is 5.10 Å². The highest BCUT2D eigenvalue weighted by Gasteiger charge is 2.07. The van der Waals surface area contributed by atoms with Crippen molar-refractivity contribution in [3.63, 3.8) is 0 Å². The highest BCUT2D eigenvalue weighted by molar-refractivity contribution is 5.84. The first-order valence-corrected chi connectivity index (χ1v) is 7.57. The summed E-state index contributed by atoms with van der Waals surface area (Å²) in [4.78, 5) is 22.3. The van der Waals surface area contributed by atoms with Crippen LogP contribution < -0.4 is 14.9 Å². The number of ether oxygens (including phenoxy) is 2. The van der Waals surface area contributed by atoms with Crippen LogP contribution in [0.3, 0.4) is 0 Å². The zero-order valence-electron chi connectivity index (χ0n) is 13.9. The van der Waals surface area contributed by atoms with Gasteiger partial charge in [-0.15, -0.1) is 0 Å². The number of methoxy groups -OCH3 is 1. The number of nitrogens with zero attached hydrogens (tertiary/aromatic N) is 1. The number of halogens is 1. The minimum atomic E-state index is -1.10. The number of amides is 1. The Bertz CT molecular complexity index is 806. The quantitative estimate of drug-likeness (QED) is 0.554. The molecule has 0 fully saturated rings. The Kier molecular flexibility index (Phi) is 6.67. The molecule has 0 aliphatic carbocycles. The van der Waals surface area contributed by atoms with Gasteiger partial charge in [0.05, 0.1) is 19.7 Å². The van der Waals surface area contributed by atoms with E-state index >= 15 is 0 Å². The predicted molar refractivity (Wildman–Crippen MR) is 92.0 cm³/mol. The lowest BCUT2D eigenvalue weighted by Crippen LogP contribution is -2.19. The molecule has 2 rings (SSSR count). The smallest absolute Gasteiger partial charge is 0.341 e. The summed E-state index contributed by atoms with van der Waals surface area (Å²) in [6.07, 6.45) is 1.48. The van der Waals surface area contributed by atoms with Gasteiger partial charge in [0.1, 0.15) is 5.82 Å². The molecule has 136 valence electrons. The number of carboxylic acids is 1. The Morgan fingerprint density at radius 1 is 1.19 bits per heavy atom. The molecule has 0 heterocycles. The molecule has 0 aromatic heterocycles. The maximum absolute atomic E-state index is 12.8. The summed E-state index contributed by atoms with van der Waals surface area (Å²) in [7, 11) is 1.42. The van der Waals surface area contributed by atoms with Crippen molar-refractivity contribution in [1.29, 1.82) is 0 Å². The average Bonchev–Trinajstić information content (AvgIpc) is 2.62. The third-order valence-corrected chi connectivity index (χ3v) is 3.22. The minimum absolute atomic E-state index is 0.0723. The van der Waals surface area contributed by atoms with Gasteiger partial charge in [-0.3, -0.25) is 4.79 Å². The lowest BCUT2D eigenvalue weighted by atomic mass is 10.1. The minimum Gasteiger partial charge on any atom is -0.493 e. The van der Waals surface area contributed by atoms with Gasteiger partial charge in [-0.05, 0) is 41.5 Å². The van der Waals surface area contributed by atoms with Crippen LogP contribution >= 0.6 is 0 Å². The van der Waals surface area contributed by atoms with E-state index in [0.29, 0.717) is 16.9 Å². The number of nitrogens with one attached hydrogen (secondary N) is 1. The highest BCUT2D eigenvalue weighted by Crippen LogP contribution is 2.27. The summed E-state index contributed by atoms with van der Waals surface area (Å²) in [5.74, 6) is -1.18. The van der Waals surface area contributed by atoms with Crippen molar-refractivity contribution in [1.82, 2.24) is 5.43 Å². The molecule has 0 aliphatic rings. The molecule has 0 spiro atoms. The van der Waals surface area contributed by atoms with Gasteiger partial charge in [-0.1, -0.05) is 12.1 Å². The van der Waals surface area contributed by atoms with Crippen LogP contribution in [0.25, 0.3) is 0 Å². The van der Waals surface area contributed by atoms with Gasteiger partial charge in [-0.25, -0.2) is 14.6 Å². The Hall–Kier alpha value is -3.42. The monoisotopic (exact) mass is 360 g/mol. The fraction of sp³-hybridized carbons (Fsp3) is 0.167. The molecule has 2 N–H and O–H groups in total. The first-order chi connectivity index (χ1) is 12.5. The van der Waals surface area contributed by atoms with Crippen molar-refractivity contribution >= 4 is 18.1 Å². The van der Waals surface area contributed by atoms with Gasteiger partial charge in [-0.2, -0.15) is 5.10 Å². The molecule has 0 atom stereocenters. The van der Waals surface area contributed by atoms with Gasteiger partial charge in [0.2, 0.25) is 5.91 Å². The van der Waals surface area contributed by atoms with Crippen molar-refractivity contribution in [3.8, 4) is 11.5 Å². The molecule has 8 heteroatoms. The Labute approximate surface area is 149 Å². The number of carboxylic acid groups (broad SMARTS) is 1. The van der Waals surface area contributed by atoms with E-state index in [1.165, 1.54) is 37.6 Å². The Morgan fingerprint density at radius 3 is 2.58 bits per heavy atom. The normalized spacial score (nSPS) is 10.5. The van der Waals surface area contributed by atoms with Gasteiger partial charge in [0, 0.05) is 0 Å². The van der Waals surface area contributed by atoms with Gasteiger partial charge < -0.3 is 14.6 Å². The summed E-state index contributed by atoms with van der Waals surface area (Å²) in [5, 5.41) is 12.5. The van der Waals surface area contributed by atoms with Crippen molar-refractivity contribution in [3.05, 3.63) is 59.4 Å². The molecule has 0 saturated heterocycles. The van der Waals surface area contributed by atoms with E-state index in [9.17, 15) is 14.0 Å². The van der Waals surface area contributed by atoms with Crippen LogP contribution in [0, 0.1) is 5.82 Å². The number of benzene rings is 2. The zero-order valence-corrected chi connectivity index (χ0v) is 13.9. The number of hydrazone groups is 1. The van der Waals surface area contributed by atoms with Crippen LogP contribution in [0.5, 0.6) is 11.5 Å². The maximum Gasteiger partial charge on any atom is 0.341 e. The van der Waals surface area contributed by atoms with E-state index in [1.807, 2.05) is 0 Å². The van der Waals surface area contributed by atoms with Crippen LogP contribution in [-0.2, 0) is 16.0 Å². The number of aliphatic carboxylic acids is 1. The number of carbonyl (C=O) groups excluding carboxylic acids is 1. The van der Waals surface area contributed by atoms with Crippen molar-refractivity contribution < 1.29 is 28.6 Å². The predicted octanol–water partition coefficient (Wildman–Crippen LogP) is 1.99. The molecular formula is C18H17FN2O5. The van der Waals surface area contributed by atoms with Gasteiger partial charge in [0.25, 0.3) is 0 Å². The lowest BCUT2D eigenvalue weighted by molar-refractivity contribution is -0.139. The third-order valence-electron chi connectivity index (χ3n) is 3.22. The molecule has 26 heavy (non-hydrogen) atoms. The van der Waals surface area contributed by atoms with E-state index in [2.05, 4.69) is 10.5 Å². The third kappa shape index (κ3) is 5.90. The standard InChI is InChI=1S/C18H17FN2O5/c1-25-16-8-13(4-7-15(16)26-11-18(23)24)10-20-21-17(22)9-12-2-5-14(19)6-3-12/h2-8,10H,9,11H2,1H3,(H,21,22)(H,23,24)/b20-10+. The van der Waals surface area contributed by atoms with Crippen LogP contribution in [0.2, 0.25) is 0 Å². The van der Waals surface area contributed by atoms with E-state index in [0.717, 1.165) is 0 Å². The van der Waals surface area contributed by atoms with E-state index in [-0.39, 0.29) is 23.9 Å². The topological polar surface area (TPSA) is 97.2 Å². The molecule has 0 bridgehead atoms. The maximum atomic E-state index is 12.8. The van der Waals surface area contributed by atoms with Gasteiger partial charge >= 0.3 is 5.97 Å². The van der Waals surface area contributed by atoms with E-state index < -0.39 is 12.6 Å². The highest BCUT2D eigenvalue weighted by atomic mass is 19.1. The summed E-state index contributed by atoms with van der Waals surface area (Å²) in [6, 6.07) is 10.4. The molecule has 0 saturated carbocycles. The average molecular weight is 360 g/mol. The van der Waals surface area contributed by atoms with E-state index in [4.69, 9.17) is 14.6 Å². The molecule has 0 aliphatic heterocycles. The number of hydrogen-bond acceptors (Lipinski definition) is 5. The molecule has 7 nitrogen and oxygen atoms in total. The second-order valence-electron chi connectivity index (χ2n) is 5.19. The Morgan fingerprint density at radius 2 is 1.92 bits per heavy atom. The Balaban J connectivity index is 1.93. The van der Waals surface area contributed by atoms with Crippen LogP contribution in [-0.4, -0.2) is 36.9 Å².